The van der Waals surface area contributed by atoms with Crippen LogP contribution >= 0.6 is 0 Å². The van der Waals surface area contributed by atoms with E-state index < -0.39 is 36.1 Å². The number of aliphatic carboxylic acids is 1. The van der Waals surface area contributed by atoms with Gasteiger partial charge in [0.2, 0.25) is 0 Å². The normalized spacial score (nSPS) is 21.2. The van der Waals surface area contributed by atoms with Crippen LogP contribution in [0.25, 0.3) is 0 Å². The molecule has 0 bridgehead atoms. The van der Waals surface area contributed by atoms with Crippen LogP contribution in [-0.4, -0.2) is 53.0 Å². The minimum Gasteiger partial charge on any atom is -0.481 e. The summed E-state index contributed by atoms with van der Waals surface area (Å²) in [5, 5.41) is 15.0. The first kappa shape index (κ1) is 29.4. The highest BCUT2D eigenvalue weighted by Gasteiger charge is 2.30. The molecule has 0 aliphatic heterocycles. The maximum atomic E-state index is 12.1. The van der Waals surface area contributed by atoms with Crippen molar-refractivity contribution in [2.24, 2.45) is 0 Å². The Morgan fingerprint density at radius 2 is 1.26 bits per heavy atom. The molecule has 3 fully saturated rings. The van der Waals surface area contributed by atoms with Gasteiger partial charge in [-0.2, -0.15) is 0 Å². The van der Waals surface area contributed by atoms with E-state index in [-0.39, 0.29) is 6.10 Å². The first-order valence-electron chi connectivity index (χ1n) is 13.8. The summed E-state index contributed by atoms with van der Waals surface area (Å²) in [6.45, 7) is 5.04. The van der Waals surface area contributed by atoms with E-state index in [4.69, 9.17) is 14.6 Å². The fourth-order valence-corrected chi connectivity index (χ4v) is 5.12. The molecule has 3 saturated carbocycles. The number of ether oxygens (including phenoxy) is 2. The quantitative estimate of drug-likeness (QED) is 0.400. The van der Waals surface area contributed by atoms with Crippen molar-refractivity contribution < 1.29 is 29.0 Å². The third-order valence-corrected chi connectivity index (χ3v) is 6.87. The van der Waals surface area contributed by atoms with Gasteiger partial charge in [0.25, 0.3) is 0 Å². The van der Waals surface area contributed by atoms with E-state index in [1.165, 1.54) is 64.2 Å². The first-order chi connectivity index (χ1) is 16.6. The van der Waals surface area contributed by atoms with Gasteiger partial charge in [0.15, 0.2) is 0 Å². The Balaban J connectivity index is 0.000000279. The highest BCUT2D eigenvalue weighted by molar-refractivity contribution is 5.85. The van der Waals surface area contributed by atoms with Crippen LogP contribution in [0.15, 0.2) is 0 Å². The third-order valence-electron chi connectivity index (χ3n) is 6.87. The predicted molar refractivity (Wildman–Crippen MR) is 135 cm³/mol. The Bertz CT molecular complexity index is 629. The number of rotatable bonds is 7. The van der Waals surface area contributed by atoms with Crippen LogP contribution in [0.1, 0.15) is 124 Å². The van der Waals surface area contributed by atoms with Crippen LogP contribution in [0.2, 0.25) is 0 Å². The largest absolute Gasteiger partial charge is 0.481 e. The zero-order chi connectivity index (χ0) is 25.7. The van der Waals surface area contributed by atoms with Crippen molar-refractivity contribution in [2.75, 3.05) is 0 Å². The van der Waals surface area contributed by atoms with Crippen molar-refractivity contribution >= 4 is 18.0 Å². The number of carboxylic acids is 1. The standard InChI is InChI=1S/C15H25NO6.C12H23N/c1-15(2,3)22-14(20)16-11(9-12(17)18)13(19)21-10-7-5-4-6-8-10;1-3-7-11(8-4-1)13-12-9-5-2-6-10-12/h10-11H,4-9H2,1-3H3,(H,16,20)(H,17,18);11-13H,1-10H2. The molecule has 0 aromatic heterocycles. The van der Waals surface area contributed by atoms with Crippen molar-refractivity contribution in [1.82, 2.24) is 10.6 Å². The van der Waals surface area contributed by atoms with E-state index in [2.05, 4.69) is 10.6 Å². The molecule has 0 spiro atoms. The van der Waals surface area contributed by atoms with Crippen molar-refractivity contribution in [2.45, 2.75) is 153 Å². The number of hydrogen-bond acceptors (Lipinski definition) is 6. The van der Waals surface area contributed by atoms with Crippen molar-refractivity contribution in [3.63, 3.8) is 0 Å². The Hall–Kier alpha value is -1.83. The summed E-state index contributed by atoms with van der Waals surface area (Å²) >= 11 is 0. The molecule has 0 heterocycles. The molecule has 1 amide bonds. The zero-order valence-electron chi connectivity index (χ0n) is 22.1. The van der Waals surface area contributed by atoms with Gasteiger partial charge in [-0.15, -0.1) is 0 Å². The molecular weight excluding hydrogens is 448 g/mol. The second-order valence-corrected chi connectivity index (χ2v) is 11.3. The summed E-state index contributed by atoms with van der Waals surface area (Å²) in [4.78, 5) is 34.7. The van der Waals surface area contributed by atoms with Crippen LogP contribution < -0.4 is 10.6 Å². The summed E-state index contributed by atoms with van der Waals surface area (Å²) in [5.74, 6) is -1.91. The number of carbonyl (C=O) groups excluding carboxylic acids is 2. The summed E-state index contributed by atoms with van der Waals surface area (Å²) < 4.78 is 10.4. The smallest absolute Gasteiger partial charge is 0.408 e. The van der Waals surface area contributed by atoms with Gasteiger partial charge in [-0.05, 0) is 72.1 Å². The fraction of sp³-hybridized carbons (Fsp3) is 0.889. The molecule has 35 heavy (non-hydrogen) atoms. The van der Waals surface area contributed by atoms with Gasteiger partial charge < -0.3 is 25.2 Å². The van der Waals surface area contributed by atoms with E-state index in [1.807, 2.05) is 0 Å². The lowest BCUT2D eigenvalue weighted by Crippen LogP contribution is -2.46. The molecule has 3 aliphatic rings. The van der Waals surface area contributed by atoms with Crippen LogP contribution in [0.5, 0.6) is 0 Å². The minimum absolute atomic E-state index is 0.196. The first-order valence-corrected chi connectivity index (χ1v) is 13.8. The Morgan fingerprint density at radius 1 is 0.800 bits per heavy atom. The van der Waals surface area contributed by atoms with E-state index in [9.17, 15) is 14.4 Å². The molecule has 1 unspecified atom stereocenters. The lowest BCUT2D eigenvalue weighted by Gasteiger charge is -2.30. The third kappa shape index (κ3) is 13.2. The molecule has 0 radical (unpaired) electrons. The number of alkyl carbamates (subject to hydrolysis) is 1. The highest BCUT2D eigenvalue weighted by atomic mass is 16.6. The van der Waals surface area contributed by atoms with E-state index in [0.717, 1.165) is 44.2 Å². The molecular formula is C27H48N2O6. The fourth-order valence-electron chi connectivity index (χ4n) is 5.12. The molecule has 202 valence electrons. The Labute approximate surface area is 211 Å². The summed E-state index contributed by atoms with van der Waals surface area (Å²) in [6, 6.07) is 0.503. The average Bonchev–Trinajstić information content (AvgIpc) is 2.79. The average molecular weight is 497 g/mol. The van der Waals surface area contributed by atoms with Crippen LogP contribution in [0, 0.1) is 0 Å². The van der Waals surface area contributed by atoms with Crippen molar-refractivity contribution in [1.29, 1.82) is 0 Å². The van der Waals surface area contributed by atoms with Gasteiger partial charge in [0.05, 0.1) is 6.42 Å². The number of amides is 1. The predicted octanol–water partition coefficient (Wildman–Crippen LogP) is 5.47. The number of carboxylic acid groups (broad SMARTS) is 1. The van der Waals surface area contributed by atoms with Gasteiger partial charge in [0, 0.05) is 12.1 Å². The molecule has 0 saturated heterocycles. The Kier molecular flexibility index (Phi) is 12.9. The minimum atomic E-state index is -1.24. The molecule has 1 atom stereocenters. The zero-order valence-corrected chi connectivity index (χ0v) is 22.1. The molecule has 3 aliphatic carbocycles. The maximum Gasteiger partial charge on any atom is 0.408 e. The molecule has 0 aromatic rings. The molecule has 3 N–H and O–H groups in total. The summed E-state index contributed by atoms with van der Waals surface area (Å²) in [7, 11) is 0. The number of carbonyl (C=O) groups is 3. The van der Waals surface area contributed by atoms with Crippen molar-refractivity contribution in [3.8, 4) is 0 Å². The Morgan fingerprint density at radius 3 is 1.69 bits per heavy atom. The lowest BCUT2D eigenvalue weighted by atomic mass is 9.91. The van der Waals surface area contributed by atoms with Gasteiger partial charge in [-0.1, -0.05) is 44.9 Å². The number of nitrogens with one attached hydrogen (secondary N) is 2. The van der Waals surface area contributed by atoms with E-state index >= 15 is 0 Å². The SMILES string of the molecule is C1CCC(NC2CCCCC2)CC1.CC(C)(C)OC(=O)NC(CC(=O)O)C(=O)OC1CCCCC1. The number of hydrogen-bond donors (Lipinski definition) is 3. The van der Waals surface area contributed by atoms with Crippen LogP contribution in [0.4, 0.5) is 4.79 Å². The molecule has 0 aromatic carbocycles. The van der Waals surface area contributed by atoms with Crippen LogP contribution in [-0.2, 0) is 19.1 Å². The monoisotopic (exact) mass is 496 g/mol. The molecule has 8 nitrogen and oxygen atoms in total. The topological polar surface area (TPSA) is 114 Å². The van der Waals surface area contributed by atoms with E-state index in [0.29, 0.717) is 0 Å². The second kappa shape index (κ2) is 15.3. The van der Waals surface area contributed by atoms with Gasteiger partial charge in [0.1, 0.15) is 17.7 Å². The summed E-state index contributed by atoms with van der Waals surface area (Å²) in [6.07, 6.45) is 17.6. The van der Waals surface area contributed by atoms with Crippen molar-refractivity contribution in [3.05, 3.63) is 0 Å². The van der Waals surface area contributed by atoms with Gasteiger partial charge >= 0.3 is 18.0 Å². The number of esters is 1. The van der Waals surface area contributed by atoms with E-state index in [1.54, 1.807) is 20.8 Å². The highest BCUT2D eigenvalue weighted by Crippen LogP contribution is 2.23. The second-order valence-electron chi connectivity index (χ2n) is 11.3. The van der Waals surface area contributed by atoms with Gasteiger partial charge in [-0.3, -0.25) is 4.79 Å². The molecule has 8 heteroatoms. The summed E-state index contributed by atoms with van der Waals surface area (Å²) in [5.41, 5.74) is -0.731. The van der Waals surface area contributed by atoms with Gasteiger partial charge in [-0.25, -0.2) is 9.59 Å². The van der Waals surface area contributed by atoms with Crippen LogP contribution in [0.3, 0.4) is 0 Å². The lowest BCUT2D eigenvalue weighted by molar-refractivity contribution is -0.156. The molecule has 3 rings (SSSR count). The maximum absolute atomic E-state index is 12.1.